The van der Waals surface area contributed by atoms with Crippen molar-refractivity contribution in [2.45, 2.75) is 20.0 Å². The second-order valence-corrected chi connectivity index (χ2v) is 3.04. The number of rotatable bonds is 4. The Labute approximate surface area is 82.4 Å². The molecule has 0 amide bonds. The molecule has 14 heavy (non-hydrogen) atoms. The molecule has 3 N–H and O–H groups in total. The monoisotopic (exact) mass is 198 g/mol. The number of phenolic OH excluding ortho intramolecular Hbond substituents is 3. The lowest BCUT2D eigenvalue weighted by atomic mass is 10.2. The van der Waals surface area contributed by atoms with E-state index in [0.29, 0.717) is 18.8 Å². The maximum absolute atomic E-state index is 9.17. The molecule has 0 unspecified atom stereocenters. The maximum atomic E-state index is 9.17. The minimum absolute atomic E-state index is 0.315. The molecule has 0 bridgehead atoms. The second kappa shape index (κ2) is 4.72. The lowest BCUT2D eigenvalue weighted by Gasteiger charge is -2.06. The van der Waals surface area contributed by atoms with Gasteiger partial charge >= 0.3 is 0 Å². The minimum atomic E-state index is -0.496. The molecule has 0 fully saturated rings. The molecule has 4 heteroatoms. The summed E-state index contributed by atoms with van der Waals surface area (Å²) in [6.45, 7) is 2.93. The van der Waals surface area contributed by atoms with Crippen molar-refractivity contribution in [1.82, 2.24) is 0 Å². The number of aromatic hydroxyl groups is 3. The largest absolute Gasteiger partial charge is 0.504 e. The van der Waals surface area contributed by atoms with Crippen LogP contribution in [-0.2, 0) is 11.3 Å². The summed E-state index contributed by atoms with van der Waals surface area (Å²) in [6.07, 6.45) is 0.913. The van der Waals surface area contributed by atoms with Crippen LogP contribution in [0, 0.1) is 0 Å². The van der Waals surface area contributed by atoms with Crippen molar-refractivity contribution in [3.63, 3.8) is 0 Å². The van der Waals surface area contributed by atoms with Crippen molar-refractivity contribution < 1.29 is 20.1 Å². The van der Waals surface area contributed by atoms with Crippen molar-refractivity contribution in [2.75, 3.05) is 6.61 Å². The smallest absolute Gasteiger partial charge is 0.200 e. The summed E-state index contributed by atoms with van der Waals surface area (Å²) in [4.78, 5) is 0. The first kappa shape index (κ1) is 10.7. The number of hydrogen-bond acceptors (Lipinski definition) is 4. The number of benzene rings is 1. The molecule has 1 rings (SSSR count). The molecular weight excluding hydrogens is 184 g/mol. The van der Waals surface area contributed by atoms with Gasteiger partial charge in [-0.2, -0.15) is 0 Å². The minimum Gasteiger partial charge on any atom is -0.504 e. The molecule has 4 nitrogen and oxygen atoms in total. The number of phenols is 3. The Morgan fingerprint density at radius 3 is 2.21 bits per heavy atom. The first-order valence-electron chi connectivity index (χ1n) is 4.46. The molecule has 78 valence electrons. The van der Waals surface area contributed by atoms with Gasteiger partial charge in [0.15, 0.2) is 17.2 Å². The first-order chi connectivity index (χ1) is 6.65. The molecule has 0 radical (unpaired) electrons. The predicted octanol–water partition coefficient (Wildman–Crippen LogP) is 1.73. The fourth-order valence-electron chi connectivity index (χ4n) is 1.08. The molecule has 0 saturated carbocycles. The van der Waals surface area contributed by atoms with Crippen LogP contribution in [0.4, 0.5) is 0 Å². The van der Waals surface area contributed by atoms with E-state index in [1.807, 2.05) is 6.92 Å². The molecular formula is C10H14O4. The topological polar surface area (TPSA) is 69.9 Å². The molecule has 0 aliphatic carbocycles. The third kappa shape index (κ3) is 2.53. The van der Waals surface area contributed by atoms with Crippen LogP contribution in [0.25, 0.3) is 0 Å². The van der Waals surface area contributed by atoms with Gasteiger partial charge in [0.1, 0.15) is 0 Å². The van der Waals surface area contributed by atoms with E-state index in [9.17, 15) is 10.2 Å². The van der Waals surface area contributed by atoms with Crippen molar-refractivity contribution in [3.8, 4) is 17.2 Å². The lowest BCUT2D eigenvalue weighted by Crippen LogP contribution is -1.93. The summed E-state index contributed by atoms with van der Waals surface area (Å²) in [6, 6.07) is 2.73. The molecule has 0 aliphatic heterocycles. The highest BCUT2D eigenvalue weighted by Gasteiger charge is 2.07. The lowest BCUT2D eigenvalue weighted by molar-refractivity contribution is 0.121. The fourth-order valence-corrected chi connectivity index (χ4v) is 1.08. The Morgan fingerprint density at radius 1 is 1.14 bits per heavy atom. The van der Waals surface area contributed by atoms with Crippen molar-refractivity contribution in [1.29, 1.82) is 0 Å². The third-order valence-electron chi connectivity index (χ3n) is 1.75. The van der Waals surface area contributed by atoms with Gasteiger partial charge in [0.25, 0.3) is 0 Å². The highest BCUT2D eigenvalue weighted by atomic mass is 16.5. The molecule has 0 saturated heterocycles. The van der Waals surface area contributed by atoms with E-state index in [2.05, 4.69) is 0 Å². The Morgan fingerprint density at radius 2 is 1.71 bits per heavy atom. The molecule has 0 aromatic heterocycles. The van der Waals surface area contributed by atoms with Crippen LogP contribution >= 0.6 is 0 Å². The fraction of sp³-hybridized carbons (Fsp3) is 0.400. The summed E-state index contributed by atoms with van der Waals surface area (Å²) in [5.74, 6) is -1.16. The Kier molecular flexibility index (Phi) is 3.59. The average molecular weight is 198 g/mol. The van der Waals surface area contributed by atoms with Crippen molar-refractivity contribution >= 4 is 0 Å². The van der Waals surface area contributed by atoms with Gasteiger partial charge in [0.05, 0.1) is 6.61 Å². The highest BCUT2D eigenvalue weighted by Crippen LogP contribution is 2.35. The summed E-state index contributed by atoms with van der Waals surface area (Å²) in [5, 5.41) is 27.4. The van der Waals surface area contributed by atoms with Crippen LogP contribution in [0.3, 0.4) is 0 Å². The maximum Gasteiger partial charge on any atom is 0.200 e. The van der Waals surface area contributed by atoms with E-state index in [4.69, 9.17) is 9.84 Å². The van der Waals surface area contributed by atoms with Crippen molar-refractivity contribution in [2.24, 2.45) is 0 Å². The summed E-state index contributed by atoms with van der Waals surface area (Å²) in [7, 11) is 0. The Balaban J connectivity index is 2.69. The van der Waals surface area contributed by atoms with Crippen LogP contribution in [0.2, 0.25) is 0 Å². The van der Waals surface area contributed by atoms with Gasteiger partial charge in [-0.25, -0.2) is 0 Å². The second-order valence-electron chi connectivity index (χ2n) is 3.04. The molecule has 0 spiro atoms. The van der Waals surface area contributed by atoms with Crippen LogP contribution < -0.4 is 0 Å². The highest BCUT2D eigenvalue weighted by molar-refractivity contribution is 5.50. The van der Waals surface area contributed by atoms with Crippen LogP contribution in [-0.4, -0.2) is 21.9 Å². The number of hydrogen-bond donors (Lipinski definition) is 3. The first-order valence-corrected chi connectivity index (χ1v) is 4.46. The molecule has 0 atom stereocenters. The normalized spacial score (nSPS) is 10.4. The average Bonchev–Trinajstić information content (AvgIpc) is 2.14. The van der Waals surface area contributed by atoms with Gasteiger partial charge in [-0.1, -0.05) is 6.92 Å². The van der Waals surface area contributed by atoms with E-state index < -0.39 is 5.75 Å². The summed E-state index contributed by atoms with van der Waals surface area (Å²) < 4.78 is 5.21. The van der Waals surface area contributed by atoms with Crippen molar-refractivity contribution in [3.05, 3.63) is 17.7 Å². The zero-order valence-electron chi connectivity index (χ0n) is 8.03. The van der Waals surface area contributed by atoms with Crippen LogP contribution in [0.5, 0.6) is 17.2 Å². The summed E-state index contributed by atoms with van der Waals surface area (Å²) >= 11 is 0. The third-order valence-corrected chi connectivity index (χ3v) is 1.75. The Bertz CT molecular complexity index is 286. The van der Waals surface area contributed by atoms with E-state index in [1.54, 1.807) is 0 Å². The predicted molar refractivity (Wildman–Crippen MR) is 51.4 cm³/mol. The summed E-state index contributed by atoms with van der Waals surface area (Å²) in [5.41, 5.74) is 0.631. The van der Waals surface area contributed by atoms with E-state index in [1.165, 1.54) is 12.1 Å². The zero-order valence-corrected chi connectivity index (χ0v) is 8.03. The standard InChI is InChI=1S/C10H14O4/c1-2-3-14-6-7-4-8(11)10(13)9(12)5-7/h4-5,11-13H,2-3,6H2,1H3. The van der Waals surface area contributed by atoms with E-state index in [-0.39, 0.29) is 11.5 Å². The molecule has 0 aliphatic rings. The van der Waals surface area contributed by atoms with Gasteiger partial charge < -0.3 is 20.1 Å². The Hall–Kier alpha value is -1.42. The SMILES string of the molecule is CCCOCc1cc(O)c(O)c(O)c1. The number of ether oxygens (including phenoxy) is 1. The van der Waals surface area contributed by atoms with Gasteiger partial charge in [-0.05, 0) is 24.1 Å². The van der Waals surface area contributed by atoms with Gasteiger partial charge in [0, 0.05) is 6.61 Å². The zero-order chi connectivity index (χ0) is 10.6. The van der Waals surface area contributed by atoms with Crippen LogP contribution in [0.15, 0.2) is 12.1 Å². The van der Waals surface area contributed by atoms with Gasteiger partial charge in [-0.3, -0.25) is 0 Å². The van der Waals surface area contributed by atoms with E-state index >= 15 is 0 Å². The van der Waals surface area contributed by atoms with Crippen LogP contribution in [0.1, 0.15) is 18.9 Å². The molecule has 1 aromatic carbocycles. The molecule has 0 heterocycles. The van der Waals surface area contributed by atoms with E-state index in [0.717, 1.165) is 6.42 Å². The van der Waals surface area contributed by atoms with Gasteiger partial charge in [0.2, 0.25) is 0 Å². The van der Waals surface area contributed by atoms with Gasteiger partial charge in [-0.15, -0.1) is 0 Å². The molecule has 1 aromatic rings. The quantitative estimate of drug-likeness (QED) is 0.509.